The number of hydrogen-bond acceptors (Lipinski definition) is 2. The Hall–Kier alpha value is -1.46. The molecule has 0 saturated carbocycles. The van der Waals surface area contributed by atoms with Crippen LogP contribution in [0.15, 0.2) is 30.3 Å². The molecule has 0 aliphatic carbocycles. The number of aryl methyl sites for hydroxylation is 1. The number of hydrogen-bond donors (Lipinski definition) is 0. The second-order valence-corrected chi connectivity index (χ2v) is 4.88. The molecule has 0 aliphatic heterocycles. The molecule has 108 valence electrons. The molecular weight excluding hydrogens is 286 g/mol. The van der Waals surface area contributed by atoms with Crippen LogP contribution in [0.1, 0.15) is 24.7 Å². The highest BCUT2D eigenvalue weighted by molar-refractivity contribution is 6.30. The zero-order chi connectivity index (χ0) is 14.8. The average Bonchev–Trinajstić information content (AvgIpc) is 2.79. The molecule has 0 unspecified atom stereocenters. The summed E-state index contributed by atoms with van der Waals surface area (Å²) in [4.78, 5) is 0. The van der Waals surface area contributed by atoms with Crippen LogP contribution in [0.2, 0.25) is 5.02 Å². The summed E-state index contributed by atoms with van der Waals surface area (Å²) >= 11 is 5.83. The molecule has 1 aromatic heterocycles. The van der Waals surface area contributed by atoms with Gasteiger partial charge in [-0.1, -0.05) is 18.5 Å². The lowest BCUT2D eigenvalue weighted by molar-refractivity contribution is -0.247. The van der Waals surface area contributed by atoms with Crippen molar-refractivity contribution in [2.24, 2.45) is 0 Å². The summed E-state index contributed by atoms with van der Waals surface area (Å²) in [7, 11) is 0. The predicted octanol–water partition coefficient (Wildman–Crippen LogP) is 4.35. The summed E-state index contributed by atoms with van der Waals surface area (Å²) in [6.45, 7) is 3.00. The van der Waals surface area contributed by atoms with Crippen LogP contribution >= 0.6 is 11.6 Å². The fourth-order valence-corrected chi connectivity index (χ4v) is 1.86. The fourth-order valence-electron chi connectivity index (χ4n) is 1.73. The average molecular weight is 301 g/mol. The van der Waals surface area contributed by atoms with E-state index in [1.165, 1.54) is 6.92 Å². The molecule has 0 radical (unpaired) electrons. The summed E-state index contributed by atoms with van der Waals surface area (Å²) in [6.07, 6.45) is -3.47. The van der Waals surface area contributed by atoms with Crippen molar-refractivity contribution in [3.63, 3.8) is 0 Å². The van der Waals surface area contributed by atoms with E-state index in [1.54, 1.807) is 22.9 Å². The minimum atomic E-state index is -3.11. The Kier molecular flexibility index (Phi) is 4.40. The summed E-state index contributed by atoms with van der Waals surface area (Å²) in [5.74, 6) is 0. The van der Waals surface area contributed by atoms with Crippen LogP contribution in [-0.2, 0) is 11.3 Å². The molecule has 2 rings (SSSR count). The molecule has 0 N–H and O–H groups in total. The molecule has 2 aromatic rings. The largest absolute Gasteiger partial charge is 0.355 e. The lowest BCUT2D eigenvalue weighted by Crippen LogP contribution is -2.19. The van der Waals surface area contributed by atoms with E-state index in [9.17, 15) is 8.78 Å². The van der Waals surface area contributed by atoms with Crippen molar-refractivity contribution in [3.8, 4) is 5.69 Å². The SMILES string of the molecule is CCC(F)(F)OCc1cc(C)n(-c2ccc(Cl)cc2)n1. The highest BCUT2D eigenvalue weighted by Gasteiger charge is 2.27. The van der Waals surface area contributed by atoms with Crippen molar-refractivity contribution in [2.45, 2.75) is 33.0 Å². The van der Waals surface area contributed by atoms with Gasteiger partial charge in [0.2, 0.25) is 0 Å². The maximum absolute atomic E-state index is 13.0. The maximum atomic E-state index is 13.0. The smallest absolute Gasteiger partial charge is 0.314 e. The van der Waals surface area contributed by atoms with Gasteiger partial charge in [-0.3, -0.25) is 0 Å². The van der Waals surface area contributed by atoms with Crippen LogP contribution in [0.25, 0.3) is 5.69 Å². The van der Waals surface area contributed by atoms with E-state index in [4.69, 9.17) is 11.6 Å². The molecule has 0 fully saturated rings. The first-order valence-corrected chi connectivity index (χ1v) is 6.62. The molecule has 0 aliphatic rings. The van der Waals surface area contributed by atoms with Gasteiger partial charge in [0.25, 0.3) is 0 Å². The van der Waals surface area contributed by atoms with Crippen LogP contribution in [0.3, 0.4) is 0 Å². The Labute approximate surface area is 121 Å². The van der Waals surface area contributed by atoms with Gasteiger partial charge in [0.15, 0.2) is 0 Å². The van der Waals surface area contributed by atoms with E-state index < -0.39 is 6.11 Å². The quantitative estimate of drug-likeness (QED) is 0.820. The van der Waals surface area contributed by atoms with E-state index >= 15 is 0 Å². The maximum Gasteiger partial charge on any atom is 0.355 e. The van der Waals surface area contributed by atoms with Crippen LogP contribution in [0.4, 0.5) is 8.78 Å². The number of nitrogens with zero attached hydrogens (tertiary/aromatic N) is 2. The van der Waals surface area contributed by atoms with Crippen molar-refractivity contribution in [3.05, 3.63) is 46.7 Å². The topological polar surface area (TPSA) is 27.1 Å². The third kappa shape index (κ3) is 3.55. The summed E-state index contributed by atoms with van der Waals surface area (Å²) in [5.41, 5.74) is 2.12. The number of halogens is 3. The second kappa shape index (κ2) is 5.89. The van der Waals surface area contributed by atoms with Gasteiger partial charge in [0, 0.05) is 17.1 Å². The number of benzene rings is 1. The van der Waals surface area contributed by atoms with Crippen LogP contribution in [0.5, 0.6) is 0 Å². The van der Waals surface area contributed by atoms with Gasteiger partial charge in [-0.05, 0) is 37.3 Å². The normalized spacial score (nSPS) is 11.8. The third-order valence-corrected chi connectivity index (χ3v) is 3.10. The molecule has 0 atom stereocenters. The molecule has 20 heavy (non-hydrogen) atoms. The molecule has 0 spiro atoms. The van der Waals surface area contributed by atoms with E-state index in [0.29, 0.717) is 10.7 Å². The van der Waals surface area contributed by atoms with Gasteiger partial charge in [-0.2, -0.15) is 13.9 Å². The van der Waals surface area contributed by atoms with E-state index in [-0.39, 0.29) is 13.0 Å². The first-order chi connectivity index (χ1) is 9.41. The minimum Gasteiger partial charge on any atom is -0.314 e. The number of alkyl halides is 2. The standard InChI is InChI=1S/C14H15ClF2N2O/c1-3-14(16,17)20-9-12-8-10(2)19(18-12)13-6-4-11(15)5-7-13/h4-8H,3,9H2,1-2H3. The number of aromatic nitrogens is 2. The summed E-state index contributed by atoms with van der Waals surface area (Å²) < 4.78 is 32.3. The van der Waals surface area contributed by atoms with E-state index in [1.807, 2.05) is 19.1 Å². The Bertz CT molecular complexity index is 581. The molecule has 0 bridgehead atoms. The Balaban J connectivity index is 2.15. The number of ether oxygens (including phenoxy) is 1. The molecule has 0 amide bonds. The Morgan fingerprint density at radius 1 is 1.30 bits per heavy atom. The summed E-state index contributed by atoms with van der Waals surface area (Å²) in [6, 6.07) is 8.85. The van der Waals surface area contributed by atoms with E-state index in [0.717, 1.165) is 11.4 Å². The van der Waals surface area contributed by atoms with Gasteiger partial charge in [-0.15, -0.1) is 0 Å². The zero-order valence-electron chi connectivity index (χ0n) is 11.2. The first-order valence-electron chi connectivity index (χ1n) is 6.24. The van der Waals surface area contributed by atoms with Crippen LogP contribution < -0.4 is 0 Å². The molecule has 1 aromatic carbocycles. The molecule has 0 saturated heterocycles. The second-order valence-electron chi connectivity index (χ2n) is 4.44. The third-order valence-electron chi connectivity index (χ3n) is 2.85. The van der Waals surface area contributed by atoms with Crippen LogP contribution in [-0.4, -0.2) is 15.9 Å². The molecule has 6 heteroatoms. The van der Waals surface area contributed by atoms with Gasteiger partial charge in [-0.25, -0.2) is 4.68 Å². The zero-order valence-corrected chi connectivity index (χ0v) is 12.0. The van der Waals surface area contributed by atoms with Gasteiger partial charge >= 0.3 is 6.11 Å². The van der Waals surface area contributed by atoms with Crippen molar-refractivity contribution in [1.29, 1.82) is 0 Å². The Morgan fingerprint density at radius 2 is 1.95 bits per heavy atom. The molecular formula is C14H15ClF2N2O. The fraction of sp³-hybridized carbons (Fsp3) is 0.357. The van der Waals surface area contributed by atoms with Gasteiger partial charge in [0.05, 0.1) is 18.0 Å². The molecule has 1 heterocycles. The van der Waals surface area contributed by atoms with Crippen LogP contribution in [0, 0.1) is 6.92 Å². The highest BCUT2D eigenvalue weighted by atomic mass is 35.5. The van der Waals surface area contributed by atoms with Crippen molar-refractivity contribution in [1.82, 2.24) is 9.78 Å². The molecule has 3 nitrogen and oxygen atoms in total. The van der Waals surface area contributed by atoms with Crippen molar-refractivity contribution >= 4 is 11.6 Å². The first kappa shape index (κ1) is 14.9. The van der Waals surface area contributed by atoms with E-state index in [2.05, 4.69) is 9.84 Å². The number of rotatable bonds is 5. The predicted molar refractivity (Wildman–Crippen MR) is 73.3 cm³/mol. The lowest BCUT2D eigenvalue weighted by Gasteiger charge is -2.13. The Morgan fingerprint density at radius 3 is 2.55 bits per heavy atom. The monoisotopic (exact) mass is 300 g/mol. The van der Waals surface area contributed by atoms with Gasteiger partial charge < -0.3 is 4.74 Å². The lowest BCUT2D eigenvalue weighted by atomic mass is 10.3. The van der Waals surface area contributed by atoms with Gasteiger partial charge in [0.1, 0.15) is 0 Å². The highest BCUT2D eigenvalue weighted by Crippen LogP contribution is 2.22. The summed E-state index contributed by atoms with van der Waals surface area (Å²) in [5, 5.41) is 4.89. The van der Waals surface area contributed by atoms with Crippen molar-refractivity contribution < 1.29 is 13.5 Å². The minimum absolute atomic E-state index is 0.220. The van der Waals surface area contributed by atoms with Crippen molar-refractivity contribution in [2.75, 3.05) is 0 Å².